The molecular weight excluding hydrogens is 436 g/mol. The Bertz CT molecular complexity index is 1100. The zero-order valence-electron chi connectivity index (χ0n) is 19.8. The smallest absolute Gasteiger partial charge is 0.313 e. The van der Waals surface area contributed by atoms with Crippen LogP contribution in [0.3, 0.4) is 0 Å². The Morgan fingerprint density at radius 3 is 2.06 bits per heavy atom. The molecule has 33 heavy (non-hydrogen) atoms. The number of benzene rings is 2. The number of hydrogen-bond donors (Lipinski definition) is 2. The Kier molecular flexibility index (Phi) is 6.75. The first kappa shape index (κ1) is 24.6. The maximum absolute atomic E-state index is 13.3. The van der Waals surface area contributed by atoms with E-state index in [4.69, 9.17) is 5.11 Å². The average molecular weight is 467 g/mol. The third-order valence-corrected chi connectivity index (χ3v) is 6.14. The number of carbonyl (C=O) groups excluding carboxylic acids is 1. The number of anilines is 1. The summed E-state index contributed by atoms with van der Waals surface area (Å²) in [6.07, 6.45) is 1.70. The van der Waals surface area contributed by atoms with E-state index in [9.17, 15) is 14.7 Å². The van der Waals surface area contributed by atoms with E-state index in [2.05, 4.69) is 4.99 Å². The number of carboxylic acids is 1. The number of hydrogen-bond acceptors (Lipinski definition) is 5. The van der Waals surface area contributed by atoms with Crippen molar-refractivity contribution < 1.29 is 19.8 Å². The SMILES string of the molecule is CC(C)(C)c1cc(/C=C2\N=C(SCC(=O)O)N(c3ccccc3)C2=O)cc(C(C)(C)C)c1O. The van der Waals surface area contributed by atoms with Gasteiger partial charge in [0.25, 0.3) is 5.91 Å². The summed E-state index contributed by atoms with van der Waals surface area (Å²) < 4.78 is 0. The molecule has 0 radical (unpaired) electrons. The summed E-state index contributed by atoms with van der Waals surface area (Å²) in [5, 5.41) is 20.4. The van der Waals surface area contributed by atoms with Crippen LogP contribution in [0.4, 0.5) is 5.69 Å². The summed E-state index contributed by atoms with van der Waals surface area (Å²) in [6, 6.07) is 12.8. The number of phenols is 1. The van der Waals surface area contributed by atoms with Crippen molar-refractivity contribution in [3.63, 3.8) is 0 Å². The third kappa shape index (κ3) is 5.47. The molecule has 7 heteroatoms. The highest BCUT2D eigenvalue weighted by Gasteiger charge is 2.33. The predicted octanol–water partition coefficient (Wildman–Crippen LogP) is 5.55. The first-order valence-corrected chi connectivity index (χ1v) is 11.7. The van der Waals surface area contributed by atoms with E-state index >= 15 is 0 Å². The first-order chi connectivity index (χ1) is 15.3. The van der Waals surface area contributed by atoms with Gasteiger partial charge in [0.15, 0.2) is 5.17 Å². The van der Waals surface area contributed by atoms with Crippen LogP contribution in [0.2, 0.25) is 0 Å². The molecule has 0 unspecified atom stereocenters. The summed E-state index contributed by atoms with van der Waals surface area (Å²) in [6.45, 7) is 12.2. The molecule has 0 fully saturated rings. The molecule has 0 spiro atoms. The first-order valence-electron chi connectivity index (χ1n) is 10.7. The van der Waals surface area contributed by atoms with Gasteiger partial charge in [-0.25, -0.2) is 4.99 Å². The Hall–Kier alpha value is -3.06. The summed E-state index contributed by atoms with van der Waals surface area (Å²) in [5.74, 6) is -1.24. The van der Waals surface area contributed by atoms with Gasteiger partial charge in [0, 0.05) is 11.1 Å². The van der Waals surface area contributed by atoms with Crippen LogP contribution in [0, 0.1) is 0 Å². The Labute approximate surface area is 199 Å². The minimum Gasteiger partial charge on any atom is -0.507 e. The fraction of sp³-hybridized carbons (Fsp3) is 0.346. The summed E-state index contributed by atoms with van der Waals surface area (Å²) >= 11 is 1.01. The van der Waals surface area contributed by atoms with Gasteiger partial charge in [-0.15, -0.1) is 0 Å². The van der Waals surface area contributed by atoms with Gasteiger partial charge in [-0.2, -0.15) is 0 Å². The van der Waals surface area contributed by atoms with E-state index in [1.54, 1.807) is 18.2 Å². The van der Waals surface area contributed by atoms with Crippen LogP contribution < -0.4 is 4.90 Å². The van der Waals surface area contributed by atoms with Crippen molar-refractivity contribution in [3.05, 3.63) is 64.9 Å². The molecule has 0 bridgehead atoms. The lowest BCUT2D eigenvalue weighted by Gasteiger charge is -2.28. The topological polar surface area (TPSA) is 90.2 Å². The van der Waals surface area contributed by atoms with Crippen LogP contribution in [0.5, 0.6) is 5.75 Å². The van der Waals surface area contributed by atoms with Gasteiger partial charge in [0.2, 0.25) is 0 Å². The molecule has 0 atom stereocenters. The highest BCUT2D eigenvalue weighted by molar-refractivity contribution is 8.14. The van der Waals surface area contributed by atoms with Crippen LogP contribution in [-0.4, -0.2) is 33.0 Å². The number of phenolic OH excluding ortho intramolecular Hbond substituents is 1. The van der Waals surface area contributed by atoms with Crippen molar-refractivity contribution in [2.45, 2.75) is 52.4 Å². The maximum atomic E-state index is 13.3. The van der Waals surface area contributed by atoms with E-state index in [0.717, 1.165) is 28.5 Å². The standard InChI is InChI=1S/C26H30N2O4S/c1-25(2,3)18-12-16(13-19(22(18)31)26(4,5)6)14-20-23(32)28(17-10-8-7-9-11-17)24(27-20)33-15-21(29)30/h7-14,31H,15H2,1-6H3,(H,29,30)/b20-14-. The molecular formula is C26H30N2O4S. The molecule has 1 aliphatic rings. The highest BCUT2D eigenvalue weighted by atomic mass is 32.2. The number of aromatic hydroxyl groups is 1. The number of carboxylic acid groups (broad SMARTS) is 1. The van der Waals surface area contributed by atoms with E-state index in [0.29, 0.717) is 10.9 Å². The molecule has 0 aliphatic carbocycles. The number of aliphatic carboxylic acids is 1. The van der Waals surface area contributed by atoms with E-state index in [1.807, 2.05) is 71.9 Å². The summed E-state index contributed by atoms with van der Waals surface area (Å²) in [7, 11) is 0. The minimum absolute atomic E-state index is 0.204. The molecule has 2 aromatic carbocycles. The number of carbonyl (C=O) groups is 2. The van der Waals surface area contributed by atoms with Crippen molar-refractivity contribution in [3.8, 4) is 5.75 Å². The largest absolute Gasteiger partial charge is 0.507 e. The van der Waals surface area contributed by atoms with Crippen molar-refractivity contribution in [2.24, 2.45) is 4.99 Å². The van der Waals surface area contributed by atoms with Gasteiger partial charge in [-0.3, -0.25) is 14.5 Å². The number of amidine groups is 1. The van der Waals surface area contributed by atoms with Gasteiger partial charge >= 0.3 is 5.97 Å². The molecule has 1 aliphatic heterocycles. The quantitative estimate of drug-likeness (QED) is 0.577. The lowest BCUT2D eigenvalue weighted by molar-refractivity contribution is -0.133. The van der Waals surface area contributed by atoms with Gasteiger partial charge < -0.3 is 10.2 Å². The Morgan fingerprint density at radius 2 is 1.58 bits per heavy atom. The second kappa shape index (κ2) is 9.06. The molecule has 1 heterocycles. The zero-order chi connectivity index (χ0) is 24.6. The van der Waals surface area contributed by atoms with Crippen molar-refractivity contribution >= 4 is 40.6 Å². The predicted molar refractivity (Wildman–Crippen MR) is 135 cm³/mol. The molecule has 0 aromatic heterocycles. The number of nitrogens with zero attached hydrogens (tertiary/aromatic N) is 2. The second-order valence-corrected chi connectivity index (χ2v) is 11.0. The highest BCUT2D eigenvalue weighted by Crippen LogP contribution is 2.40. The van der Waals surface area contributed by atoms with Crippen molar-refractivity contribution in [1.82, 2.24) is 0 Å². The summed E-state index contributed by atoms with van der Waals surface area (Å²) in [5.41, 5.74) is 2.57. The Morgan fingerprint density at radius 1 is 1.03 bits per heavy atom. The molecule has 0 saturated carbocycles. The minimum atomic E-state index is -0.983. The molecule has 6 nitrogen and oxygen atoms in total. The lowest BCUT2D eigenvalue weighted by atomic mass is 9.78. The van der Waals surface area contributed by atoms with Crippen LogP contribution >= 0.6 is 11.8 Å². The molecule has 1 amide bonds. The van der Waals surface area contributed by atoms with E-state index < -0.39 is 5.97 Å². The van der Waals surface area contributed by atoms with Gasteiger partial charge in [0.05, 0.1) is 11.4 Å². The summed E-state index contributed by atoms with van der Waals surface area (Å²) in [4.78, 5) is 30.4. The maximum Gasteiger partial charge on any atom is 0.313 e. The normalized spacial score (nSPS) is 15.8. The molecule has 3 rings (SSSR count). The number of rotatable bonds is 4. The number of aliphatic imine (C=N–C) groups is 1. The lowest BCUT2D eigenvalue weighted by Crippen LogP contribution is -2.30. The van der Waals surface area contributed by atoms with Crippen LogP contribution in [0.25, 0.3) is 6.08 Å². The van der Waals surface area contributed by atoms with Crippen LogP contribution in [-0.2, 0) is 20.4 Å². The average Bonchev–Trinajstić information content (AvgIpc) is 3.01. The number of thioether (sulfide) groups is 1. The van der Waals surface area contributed by atoms with Gasteiger partial charge in [-0.1, -0.05) is 71.5 Å². The fourth-order valence-corrected chi connectivity index (χ4v) is 4.30. The second-order valence-electron chi connectivity index (χ2n) is 10.0. The van der Waals surface area contributed by atoms with Gasteiger partial charge in [0.1, 0.15) is 11.4 Å². The number of amides is 1. The zero-order valence-corrected chi connectivity index (χ0v) is 20.7. The van der Waals surface area contributed by atoms with E-state index in [-0.39, 0.29) is 33.9 Å². The van der Waals surface area contributed by atoms with Crippen molar-refractivity contribution in [1.29, 1.82) is 0 Å². The Balaban J connectivity index is 2.13. The van der Waals surface area contributed by atoms with Crippen LogP contribution in [0.1, 0.15) is 58.2 Å². The third-order valence-electron chi connectivity index (χ3n) is 5.22. The van der Waals surface area contributed by atoms with E-state index in [1.165, 1.54) is 4.90 Å². The molecule has 2 aromatic rings. The molecule has 0 saturated heterocycles. The monoisotopic (exact) mass is 466 g/mol. The molecule has 174 valence electrons. The number of para-hydroxylation sites is 1. The van der Waals surface area contributed by atoms with Crippen molar-refractivity contribution in [2.75, 3.05) is 10.7 Å². The fourth-order valence-electron chi connectivity index (χ4n) is 3.57. The van der Waals surface area contributed by atoms with Crippen LogP contribution in [0.15, 0.2) is 53.2 Å². The molecule has 2 N–H and O–H groups in total. The van der Waals surface area contributed by atoms with Gasteiger partial charge in [-0.05, 0) is 46.7 Å².